The molecule has 1 aromatic rings. The molecule has 0 aromatic carbocycles. The highest BCUT2D eigenvalue weighted by Gasteiger charge is 1.97. The van der Waals surface area contributed by atoms with E-state index in [0.29, 0.717) is 0 Å². The molecule has 10 heavy (non-hydrogen) atoms. The van der Waals surface area contributed by atoms with Crippen molar-refractivity contribution < 1.29 is 0 Å². The molecule has 2 N–H and O–H groups in total. The topological polar surface area (TPSA) is 38.9 Å². The van der Waals surface area contributed by atoms with E-state index in [1.807, 2.05) is 32.2 Å². The van der Waals surface area contributed by atoms with E-state index < -0.39 is 0 Å². The maximum absolute atomic E-state index is 5.60. The fourth-order valence-electron chi connectivity index (χ4n) is 0.749. The van der Waals surface area contributed by atoms with Gasteiger partial charge in [-0.3, -0.25) is 4.98 Å². The molecule has 0 unspecified atom stereocenters. The summed E-state index contributed by atoms with van der Waals surface area (Å²) in [5, 5.41) is 0. The molecular formula is C8H12N2. The van der Waals surface area contributed by atoms with Crippen molar-refractivity contribution in [1.82, 2.24) is 4.98 Å². The molecule has 0 amide bonds. The summed E-state index contributed by atoms with van der Waals surface area (Å²) < 4.78 is 0. The molecule has 1 aromatic heterocycles. The standard InChI is InChI=1S/C8H12N2/c1-6-3-4-8(7(2)9)10-5-6/h3-5,7H,9H2,1-2H3/t7-/m1/s1. The normalized spacial score (nSPS) is 13.1. The van der Waals surface area contributed by atoms with Crippen molar-refractivity contribution in [2.75, 3.05) is 0 Å². The van der Waals surface area contributed by atoms with E-state index >= 15 is 0 Å². The quantitative estimate of drug-likeness (QED) is 0.634. The highest BCUT2D eigenvalue weighted by molar-refractivity contribution is 5.13. The molecule has 0 fully saturated rings. The van der Waals surface area contributed by atoms with Crippen LogP contribution in [0.25, 0.3) is 0 Å². The van der Waals surface area contributed by atoms with Crippen LogP contribution >= 0.6 is 0 Å². The van der Waals surface area contributed by atoms with Crippen LogP contribution in [0.3, 0.4) is 0 Å². The molecular weight excluding hydrogens is 124 g/mol. The molecule has 0 radical (unpaired) electrons. The smallest absolute Gasteiger partial charge is 0.0568 e. The Morgan fingerprint density at radius 1 is 1.50 bits per heavy atom. The Balaban J connectivity index is 2.89. The van der Waals surface area contributed by atoms with Gasteiger partial charge in [0.2, 0.25) is 0 Å². The zero-order chi connectivity index (χ0) is 7.56. The molecule has 0 aliphatic heterocycles. The average Bonchev–Trinajstić information content (AvgIpc) is 1.88. The van der Waals surface area contributed by atoms with Crippen molar-refractivity contribution in [3.8, 4) is 0 Å². The number of nitrogens with two attached hydrogens (primary N) is 1. The van der Waals surface area contributed by atoms with Crippen LogP contribution in [0.2, 0.25) is 0 Å². The van der Waals surface area contributed by atoms with Crippen LogP contribution in [0.5, 0.6) is 0 Å². The van der Waals surface area contributed by atoms with Crippen molar-refractivity contribution in [2.45, 2.75) is 19.9 Å². The van der Waals surface area contributed by atoms with Crippen molar-refractivity contribution in [3.63, 3.8) is 0 Å². The van der Waals surface area contributed by atoms with Gasteiger partial charge >= 0.3 is 0 Å². The van der Waals surface area contributed by atoms with Gasteiger partial charge in [0.25, 0.3) is 0 Å². The second-order valence-corrected chi connectivity index (χ2v) is 2.55. The van der Waals surface area contributed by atoms with Crippen LogP contribution in [-0.2, 0) is 0 Å². The lowest BCUT2D eigenvalue weighted by atomic mass is 10.2. The maximum atomic E-state index is 5.60. The number of nitrogens with zero attached hydrogens (tertiary/aromatic N) is 1. The molecule has 0 bridgehead atoms. The first-order valence-electron chi connectivity index (χ1n) is 3.38. The molecule has 2 heteroatoms. The molecule has 0 spiro atoms. The van der Waals surface area contributed by atoms with Gasteiger partial charge in [0, 0.05) is 12.2 Å². The Morgan fingerprint density at radius 3 is 2.60 bits per heavy atom. The van der Waals surface area contributed by atoms with E-state index in [-0.39, 0.29) is 6.04 Å². The Bertz CT molecular complexity index is 201. The van der Waals surface area contributed by atoms with Crippen LogP contribution in [0.1, 0.15) is 24.2 Å². The van der Waals surface area contributed by atoms with Crippen molar-refractivity contribution in [3.05, 3.63) is 29.6 Å². The zero-order valence-corrected chi connectivity index (χ0v) is 6.33. The summed E-state index contributed by atoms with van der Waals surface area (Å²) >= 11 is 0. The molecule has 1 rings (SSSR count). The Morgan fingerprint density at radius 2 is 2.20 bits per heavy atom. The summed E-state index contributed by atoms with van der Waals surface area (Å²) in [6.07, 6.45) is 1.83. The molecule has 2 nitrogen and oxygen atoms in total. The second kappa shape index (κ2) is 2.80. The lowest BCUT2D eigenvalue weighted by Gasteiger charge is -2.02. The van der Waals surface area contributed by atoms with E-state index in [1.165, 1.54) is 5.56 Å². The second-order valence-electron chi connectivity index (χ2n) is 2.55. The summed E-state index contributed by atoms with van der Waals surface area (Å²) in [5.41, 5.74) is 7.72. The third-order valence-electron chi connectivity index (χ3n) is 1.40. The Kier molecular flexibility index (Phi) is 2.02. The Labute approximate surface area is 61.1 Å². The fraction of sp³-hybridized carbons (Fsp3) is 0.375. The van der Waals surface area contributed by atoms with E-state index in [4.69, 9.17) is 5.73 Å². The van der Waals surface area contributed by atoms with Gasteiger partial charge in [-0.2, -0.15) is 0 Å². The van der Waals surface area contributed by atoms with Gasteiger partial charge in [-0.1, -0.05) is 6.07 Å². The van der Waals surface area contributed by atoms with Crippen LogP contribution in [0.4, 0.5) is 0 Å². The molecule has 1 atom stereocenters. The minimum atomic E-state index is 0.0422. The number of hydrogen-bond acceptors (Lipinski definition) is 2. The first-order chi connectivity index (χ1) is 4.70. The SMILES string of the molecule is Cc1ccc([C@@H](C)N)nc1. The summed E-state index contributed by atoms with van der Waals surface area (Å²) in [7, 11) is 0. The third-order valence-corrected chi connectivity index (χ3v) is 1.40. The first kappa shape index (κ1) is 7.22. The summed E-state index contributed by atoms with van der Waals surface area (Å²) in [6, 6.07) is 4.02. The highest BCUT2D eigenvalue weighted by atomic mass is 14.7. The molecule has 0 saturated carbocycles. The van der Waals surface area contributed by atoms with Gasteiger partial charge in [-0.25, -0.2) is 0 Å². The lowest BCUT2D eigenvalue weighted by molar-refractivity contribution is 0.780. The van der Waals surface area contributed by atoms with E-state index in [9.17, 15) is 0 Å². The summed E-state index contributed by atoms with van der Waals surface area (Å²) in [6.45, 7) is 3.94. The van der Waals surface area contributed by atoms with Gasteiger partial charge in [0.1, 0.15) is 0 Å². The van der Waals surface area contributed by atoms with Crippen LogP contribution in [0.15, 0.2) is 18.3 Å². The molecule has 0 saturated heterocycles. The predicted octanol–water partition coefficient (Wildman–Crippen LogP) is 1.41. The zero-order valence-electron chi connectivity index (χ0n) is 6.33. The first-order valence-corrected chi connectivity index (χ1v) is 3.38. The lowest BCUT2D eigenvalue weighted by Crippen LogP contribution is -2.06. The fourth-order valence-corrected chi connectivity index (χ4v) is 0.749. The number of aromatic nitrogens is 1. The van der Waals surface area contributed by atoms with Crippen LogP contribution < -0.4 is 5.73 Å². The van der Waals surface area contributed by atoms with Crippen molar-refractivity contribution in [2.24, 2.45) is 5.73 Å². The van der Waals surface area contributed by atoms with Crippen molar-refractivity contribution >= 4 is 0 Å². The average molecular weight is 136 g/mol. The number of pyridine rings is 1. The van der Waals surface area contributed by atoms with E-state index in [0.717, 1.165) is 5.69 Å². The number of hydrogen-bond donors (Lipinski definition) is 1. The van der Waals surface area contributed by atoms with Crippen LogP contribution in [-0.4, -0.2) is 4.98 Å². The van der Waals surface area contributed by atoms with Gasteiger partial charge in [0.05, 0.1) is 5.69 Å². The van der Waals surface area contributed by atoms with Gasteiger partial charge in [-0.15, -0.1) is 0 Å². The number of aryl methyl sites for hydroxylation is 1. The molecule has 0 aliphatic carbocycles. The molecule has 54 valence electrons. The third kappa shape index (κ3) is 1.54. The minimum absolute atomic E-state index is 0.0422. The molecule has 1 heterocycles. The van der Waals surface area contributed by atoms with Crippen molar-refractivity contribution in [1.29, 1.82) is 0 Å². The summed E-state index contributed by atoms with van der Waals surface area (Å²) in [4.78, 5) is 4.15. The minimum Gasteiger partial charge on any atom is -0.323 e. The largest absolute Gasteiger partial charge is 0.323 e. The van der Waals surface area contributed by atoms with E-state index in [2.05, 4.69) is 4.98 Å². The van der Waals surface area contributed by atoms with Gasteiger partial charge < -0.3 is 5.73 Å². The van der Waals surface area contributed by atoms with Gasteiger partial charge in [-0.05, 0) is 25.5 Å². The summed E-state index contributed by atoms with van der Waals surface area (Å²) in [5.74, 6) is 0. The number of rotatable bonds is 1. The predicted molar refractivity (Wildman–Crippen MR) is 41.6 cm³/mol. The monoisotopic (exact) mass is 136 g/mol. The Hall–Kier alpha value is -0.890. The molecule has 0 aliphatic rings. The highest BCUT2D eigenvalue weighted by Crippen LogP contribution is 2.05. The van der Waals surface area contributed by atoms with Gasteiger partial charge in [0.15, 0.2) is 0 Å². The van der Waals surface area contributed by atoms with Crippen LogP contribution in [0, 0.1) is 6.92 Å². The maximum Gasteiger partial charge on any atom is 0.0568 e. The van der Waals surface area contributed by atoms with E-state index in [1.54, 1.807) is 0 Å².